The van der Waals surface area contributed by atoms with Crippen molar-refractivity contribution in [1.29, 1.82) is 0 Å². The van der Waals surface area contributed by atoms with E-state index in [2.05, 4.69) is 22.2 Å². The lowest BCUT2D eigenvalue weighted by Crippen LogP contribution is -2.43. The zero-order valence-electron chi connectivity index (χ0n) is 13.2. The van der Waals surface area contributed by atoms with E-state index >= 15 is 0 Å². The lowest BCUT2D eigenvalue weighted by molar-refractivity contribution is -0.123. The van der Waals surface area contributed by atoms with Gasteiger partial charge in [0, 0.05) is 39.3 Å². The zero-order chi connectivity index (χ0) is 14.9. The summed E-state index contributed by atoms with van der Waals surface area (Å²) in [7, 11) is 2.15. The van der Waals surface area contributed by atoms with Crippen LogP contribution in [-0.2, 0) is 14.3 Å². The van der Waals surface area contributed by atoms with Gasteiger partial charge >= 0.3 is 0 Å². The Bertz CT molecular complexity index is 301. The summed E-state index contributed by atoms with van der Waals surface area (Å²) in [5.41, 5.74) is 0. The lowest BCUT2D eigenvalue weighted by Gasteiger charge is -2.29. The Morgan fingerprint density at radius 1 is 1.24 bits per heavy atom. The van der Waals surface area contributed by atoms with E-state index in [1.165, 1.54) is 0 Å². The van der Waals surface area contributed by atoms with E-state index in [0.717, 1.165) is 65.3 Å². The Hall–Kier alpha value is -0.690. The third-order valence-electron chi connectivity index (χ3n) is 4.13. The van der Waals surface area contributed by atoms with E-state index in [4.69, 9.17) is 9.47 Å². The van der Waals surface area contributed by atoms with Crippen molar-refractivity contribution in [3.63, 3.8) is 0 Å². The van der Waals surface area contributed by atoms with Crippen molar-refractivity contribution in [3.8, 4) is 0 Å². The van der Waals surface area contributed by atoms with Crippen molar-refractivity contribution < 1.29 is 14.3 Å². The van der Waals surface area contributed by atoms with Crippen LogP contribution in [0.2, 0.25) is 0 Å². The number of carbonyl (C=O) groups excluding carboxylic acids is 1. The van der Waals surface area contributed by atoms with E-state index in [-0.39, 0.29) is 5.91 Å². The molecule has 2 aliphatic heterocycles. The first kappa shape index (κ1) is 16.7. The summed E-state index contributed by atoms with van der Waals surface area (Å²) < 4.78 is 11.1. The Balaban J connectivity index is 1.44. The first-order valence-electron chi connectivity index (χ1n) is 8.11. The van der Waals surface area contributed by atoms with Crippen molar-refractivity contribution in [2.45, 2.75) is 25.4 Å². The Kier molecular flexibility index (Phi) is 7.43. The van der Waals surface area contributed by atoms with Crippen LogP contribution < -0.4 is 5.32 Å². The average molecular weight is 299 g/mol. The molecule has 1 N–H and O–H groups in total. The van der Waals surface area contributed by atoms with Crippen molar-refractivity contribution in [3.05, 3.63) is 0 Å². The van der Waals surface area contributed by atoms with E-state index in [1.807, 2.05) is 0 Å². The van der Waals surface area contributed by atoms with Gasteiger partial charge < -0.3 is 19.7 Å². The maximum Gasteiger partial charge on any atom is 0.234 e. The number of hydrogen-bond acceptors (Lipinski definition) is 5. The van der Waals surface area contributed by atoms with Gasteiger partial charge in [-0.15, -0.1) is 0 Å². The predicted molar refractivity (Wildman–Crippen MR) is 81.4 cm³/mol. The Morgan fingerprint density at radius 3 is 2.67 bits per heavy atom. The number of piperidine rings is 1. The van der Waals surface area contributed by atoms with Crippen molar-refractivity contribution in [1.82, 2.24) is 15.1 Å². The molecule has 0 unspecified atom stereocenters. The van der Waals surface area contributed by atoms with Crippen molar-refractivity contribution in [2.24, 2.45) is 0 Å². The maximum absolute atomic E-state index is 11.8. The number of hydrogen-bond donors (Lipinski definition) is 1. The van der Waals surface area contributed by atoms with E-state index in [1.54, 1.807) is 0 Å². The second-order valence-corrected chi connectivity index (χ2v) is 5.97. The molecule has 6 nitrogen and oxygen atoms in total. The highest BCUT2D eigenvalue weighted by atomic mass is 16.5. The second kappa shape index (κ2) is 9.35. The summed E-state index contributed by atoms with van der Waals surface area (Å²) in [4.78, 5) is 16.2. The number of rotatable bonds is 7. The third-order valence-corrected chi connectivity index (χ3v) is 4.13. The molecule has 0 saturated carbocycles. The molecule has 0 aromatic carbocycles. The predicted octanol–water partition coefficient (Wildman–Crippen LogP) is -0.0643. The lowest BCUT2D eigenvalue weighted by atomic mass is 10.1. The normalized spacial score (nSPS) is 22.3. The van der Waals surface area contributed by atoms with Crippen LogP contribution in [0.4, 0.5) is 0 Å². The molecule has 21 heavy (non-hydrogen) atoms. The van der Waals surface area contributed by atoms with Crippen molar-refractivity contribution in [2.75, 3.05) is 66.1 Å². The van der Waals surface area contributed by atoms with Crippen LogP contribution in [0.1, 0.15) is 19.3 Å². The zero-order valence-corrected chi connectivity index (χ0v) is 13.2. The van der Waals surface area contributed by atoms with Crippen LogP contribution in [0.5, 0.6) is 0 Å². The molecule has 0 aromatic rings. The van der Waals surface area contributed by atoms with Gasteiger partial charge in [-0.1, -0.05) is 0 Å². The molecule has 122 valence electrons. The number of morpholine rings is 1. The molecule has 2 aliphatic rings. The number of carbonyl (C=O) groups is 1. The smallest absolute Gasteiger partial charge is 0.234 e. The highest BCUT2D eigenvalue weighted by Gasteiger charge is 2.17. The summed E-state index contributed by atoms with van der Waals surface area (Å²) in [6, 6.07) is 0. The molecule has 2 rings (SSSR count). The first-order chi connectivity index (χ1) is 10.2. The van der Waals surface area contributed by atoms with Crippen LogP contribution in [0.25, 0.3) is 0 Å². The van der Waals surface area contributed by atoms with Gasteiger partial charge in [-0.05, 0) is 26.3 Å². The molecular weight excluding hydrogens is 270 g/mol. The van der Waals surface area contributed by atoms with E-state index in [9.17, 15) is 4.79 Å². The largest absolute Gasteiger partial charge is 0.379 e. The van der Waals surface area contributed by atoms with Crippen LogP contribution in [0.3, 0.4) is 0 Å². The fraction of sp³-hybridized carbons (Fsp3) is 0.933. The maximum atomic E-state index is 11.8. The topological polar surface area (TPSA) is 54.0 Å². The molecule has 1 amide bonds. The van der Waals surface area contributed by atoms with Crippen LogP contribution in [0.15, 0.2) is 0 Å². The highest BCUT2D eigenvalue weighted by Crippen LogP contribution is 2.11. The molecule has 2 fully saturated rings. The minimum atomic E-state index is 0.108. The summed E-state index contributed by atoms with van der Waals surface area (Å²) in [6.07, 6.45) is 3.55. The quantitative estimate of drug-likeness (QED) is 0.667. The number of nitrogens with one attached hydrogen (secondary N) is 1. The SMILES string of the molecule is CN1CCC(OCCCNC(=O)CN2CCOCC2)CC1. The number of ether oxygens (including phenoxy) is 2. The van der Waals surface area contributed by atoms with Crippen LogP contribution in [-0.4, -0.2) is 87.9 Å². The summed E-state index contributed by atoms with van der Waals surface area (Å²) in [5.74, 6) is 0.108. The number of amides is 1. The van der Waals surface area contributed by atoms with Crippen LogP contribution in [0, 0.1) is 0 Å². The molecule has 0 atom stereocenters. The van der Waals surface area contributed by atoms with Crippen molar-refractivity contribution >= 4 is 5.91 Å². The summed E-state index contributed by atoms with van der Waals surface area (Å²) >= 11 is 0. The molecule has 0 radical (unpaired) electrons. The monoisotopic (exact) mass is 299 g/mol. The molecule has 0 bridgehead atoms. The van der Waals surface area contributed by atoms with Gasteiger partial charge in [0.1, 0.15) is 0 Å². The van der Waals surface area contributed by atoms with Gasteiger partial charge in [0.2, 0.25) is 5.91 Å². The molecule has 2 saturated heterocycles. The molecule has 0 aliphatic carbocycles. The molecule has 2 heterocycles. The first-order valence-corrected chi connectivity index (χ1v) is 8.11. The van der Waals surface area contributed by atoms with Crippen LogP contribution >= 0.6 is 0 Å². The van der Waals surface area contributed by atoms with Gasteiger partial charge in [-0.3, -0.25) is 9.69 Å². The Labute approximate surface area is 127 Å². The molecular formula is C15H29N3O3. The second-order valence-electron chi connectivity index (χ2n) is 5.97. The summed E-state index contributed by atoms with van der Waals surface area (Å²) in [6.45, 7) is 7.36. The number of likely N-dealkylation sites (tertiary alicyclic amines) is 1. The molecule has 6 heteroatoms. The average Bonchev–Trinajstić information content (AvgIpc) is 2.50. The van der Waals surface area contributed by atoms with Gasteiger partial charge in [0.15, 0.2) is 0 Å². The fourth-order valence-electron chi connectivity index (χ4n) is 2.72. The summed E-state index contributed by atoms with van der Waals surface area (Å²) in [5, 5.41) is 2.97. The highest BCUT2D eigenvalue weighted by molar-refractivity contribution is 5.77. The fourth-order valence-corrected chi connectivity index (χ4v) is 2.72. The third kappa shape index (κ3) is 6.74. The minimum Gasteiger partial charge on any atom is -0.379 e. The number of nitrogens with zero attached hydrogens (tertiary/aromatic N) is 2. The minimum absolute atomic E-state index is 0.108. The molecule has 0 spiro atoms. The van der Waals surface area contributed by atoms with E-state index in [0.29, 0.717) is 19.2 Å². The van der Waals surface area contributed by atoms with Gasteiger partial charge in [0.05, 0.1) is 25.9 Å². The standard InChI is InChI=1S/C15H29N3O3/c1-17-6-3-14(4-7-17)21-10-2-5-16-15(19)13-18-8-11-20-12-9-18/h14H,2-13H2,1H3,(H,16,19). The van der Waals surface area contributed by atoms with Gasteiger partial charge in [-0.25, -0.2) is 0 Å². The molecule has 0 aromatic heterocycles. The van der Waals surface area contributed by atoms with Gasteiger partial charge in [-0.2, -0.15) is 0 Å². The Morgan fingerprint density at radius 2 is 1.95 bits per heavy atom. The van der Waals surface area contributed by atoms with E-state index < -0.39 is 0 Å². The van der Waals surface area contributed by atoms with Gasteiger partial charge in [0.25, 0.3) is 0 Å².